The molecule has 2 heteroatoms. The maximum absolute atomic E-state index is 4.14. The minimum absolute atomic E-state index is 0.460. The van der Waals surface area contributed by atoms with Gasteiger partial charge in [-0.15, -0.1) is 6.58 Å². The number of hydrogen-bond acceptors (Lipinski definition) is 2. The van der Waals surface area contributed by atoms with Crippen LogP contribution in [0.5, 0.6) is 0 Å². The van der Waals surface area contributed by atoms with Crippen LogP contribution in [0.25, 0.3) is 0 Å². The summed E-state index contributed by atoms with van der Waals surface area (Å²) in [6.45, 7) is 5.88. The lowest BCUT2D eigenvalue weighted by Crippen LogP contribution is -2.17. The first-order chi connectivity index (χ1) is 8.29. The number of nitrogens with one attached hydrogen (secondary N) is 1. The van der Waals surface area contributed by atoms with Crippen LogP contribution in [0.2, 0.25) is 0 Å². The zero-order valence-electron chi connectivity index (χ0n) is 11.1. The molecule has 0 radical (unpaired) electrons. The van der Waals surface area contributed by atoms with Crippen molar-refractivity contribution in [2.45, 2.75) is 45.1 Å². The summed E-state index contributed by atoms with van der Waals surface area (Å²) < 4.78 is 0. The number of aryl methyl sites for hydroxylation is 1. The molecule has 0 amide bonds. The highest BCUT2D eigenvalue weighted by atomic mass is 14.9. The van der Waals surface area contributed by atoms with Crippen molar-refractivity contribution in [1.82, 2.24) is 10.3 Å². The molecule has 0 aliphatic carbocycles. The van der Waals surface area contributed by atoms with Crippen molar-refractivity contribution in [2.75, 3.05) is 7.05 Å². The molecule has 1 atom stereocenters. The molecule has 0 aliphatic rings. The standard InChI is InChI=1S/C15H24N2/c1-4-5-6-7-8-9-15(16-3)14-10-11-17-12-13(14)2/h4,10-12,15-16H,1,5-9H2,2-3H3. The van der Waals surface area contributed by atoms with E-state index in [1.165, 1.54) is 36.8 Å². The highest BCUT2D eigenvalue weighted by molar-refractivity contribution is 5.25. The zero-order valence-corrected chi connectivity index (χ0v) is 11.1. The van der Waals surface area contributed by atoms with Crippen LogP contribution in [-0.4, -0.2) is 12.0 Å². The van der Waals surface area contributed by atoms with Gasteiger partial charge in [0.2, 0.25) is 0 Å². The zero-order chi connectivity index (χ0) is 12.5. The van der Waals surface area contributed by atoms with Crippen molar-refractivity contribution >= 4 is 0 Å². The van der Waals surface area contributed by atoms with Crippen LogP contribution in [0.15, 0.2) is 31.1 Å². The van der Waals surface area contributed by atoms with Crippen molar-refractivity contribution in [2.24, 2.45) is 0 Å². The van der Waals surface area contributed by atoms with Crippen molar-refractivity contribution in [1.29, 1.82) is 0 Å². The lowest BCUT2D eigenvalue weighted by atomic mass is 9.98. The van der Waals surface area contributed by atoms with Gasteiger partial charge < -0.3 is 5.32 Å². The Hall–Kier alpha value is -1.15. The van der Waals surface area contributed by atoms with Gasteiger partial charge in [-0.2, -0.15) is 0 Å². The molecular formula is C15H24N2. The summed E-state index contributed by atoms with van der Waals surface area (Å²) in [5.74, 6) is 0. The van der Waals surface area contributed by atoms with Crippen LogP contribution in [-0.2, 0) is 0 Å². The molecule has 1 N–H and O–H groups in total. The molecule has 17 heavy (non-hydrogen) atoms. The van der Waals surface area contributed by atoms with Crippen molar-refractivity contribution in [3.8, 4) is 0 Å². The Morgan fingerprint density at radius 1 is 1.41 bits per heavy atom. The van der Waals surface area contributed by atoms with Gasteiger partial charge in [0.05, 0.1) is 0 Å². The Morgan fingerprint density at radius 2 is 2.24 bits per heavy atom. The maximum atomic E-state index is 4.14. The SMILES string of the molecule is C=CCCCCCC(NC)c1ccncc1C. The number of aromatic nitrogens is 1. The molecule has 1 aromatic heterocycles. The summed E-state index contributed by atoms with van der Waals surface area (Å²) >= 11 is 0. The van der Waals surface area contributed by atoms with Gasteiger partial charge in [-0.1, -0.05) is 18.9 Å². The molecule has 0 aliphatic heterocycles. The Labute approximate surface area is 105 Å². The summed E-state index contributed by atoms with van der Waals surface area (Å²) in [7, 11) is 2.04. The number of rotatable bonds is 8. The molecular weight excluding hydrogens is 208 g/mol. The molecule has 1 heterocycles. The number of allylic oxidation sites excluding steroid dienone is 1. The van der Waals surface area contributed by atoms with Crippen LogP contribution < -0.4 is 5.32 Å². The predicted octanol–water partition coefficient (Wildman–Crippen LogP) is 3.79. The third-order valence-corrected chi connectivity index (χ3v) is 3.19. The Balaban J connectivity index is 2.43. The average molecular weight is 232 g/mol. The van der Waals surface area contributed by atoms with Gasteiger partial charge in [0.15, 0.2) is 0 Å². The fourth-order valence-electron chi connectivity index (χ4n) is 2.14. The Bertz CT molecular complexity index is 333. The molecule has 2 nitrogen and oxygen atoms in total. The molecule has 0 bridgehead atoms. The summed E-state index contributed by atoms with van der Waals surface area (Å²) in [5, 5.41) is 3.40. The minimum atomic E-state index is 0.460. The second-order valence-electron chi connectivity index (χ2n) is 4.50. The fraction of sp³-hybridized carbons (Fsp3) is 0.533. The first kappa shape index (κ1) is 13.9. The van der Waals surface area contributed by atoms with E-state index in [4.69, 9.17) is 0 Å². The number of unbranched alkanes of at least 4 members (excludes halogenated alkanes) is 3. The van der Waals surface area contributed by atoms with Crippen LogP contribution >= 0.6 is 0 Å². The monoisotopic (exact) mass is 232 g/mol. The second kappa shape index (κ2) is 8.02. The highest BCUT2D eigenvalue weighted by Gasteiger charge is 2.10. The second-order valence-corrected chi connectivity index (χ2v) is 4.50. The Morgan fingerprint density at radius 3 is 2.88 bits per heavy atom. The number of nitrogens with zero attached hydrogens (tertiary/aromatic N) is 1. The molecule has 0 spiro atoms. The van der Waals surface area contributed by atoms with Gasteiger partial charge in [-0.3, -0.25) is 4.98 Å². The fourth-order valence-corrected chi connectivity index (χ4v) is 2.14. The summed E-state index contributed by atoms with van der Waals surface area (Å²) in [4.78, 5) is 4.14. The first-order valence-corrected chi connectivity index (χ1v) is 6.48. The van der Waals surface area contributed by atoms with Gasteiger partial charge in [0.25, 0.3) is 0 Å². The van der Waals surface area contributed by atoms with E-state index in [0.29, 0.717) is 6.04 Å². The van der Waals surface area contributed by atoms with E-state index in [9.17, 15) is 0 Å². The number of pyridine rings is 1. The van der Waals surface area contributed by atoms with E-state index in [2.05, 4.69) is 29.9 Å². The molecule has 1 unspecified atom stereocenters. The largest absolute Gasteiger partial charge is 0.313 e. The quantitative estimate of drug-likeness (QED) is 0.545. The average Bonchev–Trinajstić information content (AvgIpc) is 2.35. The topological polar surface area (TPSA) is 24.9 Å². The normalized spacial score (nSPS) is 12.4. The lowest BCUT2D eigenvalue weighted by Gasteiger charge is -2.18. The molecule has 0 fully saturated rings. The van der Waals surface area contributed by atoms with Gasteiger partial charge >= 0.3 is 0 Å². The van der Waals surface area contributed by atoms with Gasteiger partial charge in [-0.25, -0.2) is 0 Å². The molecule has 0 saturated heterocycles. The number of hydrogen-bond donors (Lipinski definition) is 1. The molecule has 94 valence electrons. The first-order valence-electron chi connectivity index (χ1n) is 6.48. The third-order valence-electron chi connectivity index (χ3n) is 3.19. The molecule has 0 saturated carbocycles. The molecule has 1 aromatic rings. The highest BCUT2D eigenvalue weighted by Crippen LogP contribution is 2.22. The summed E-state index contributed by atoms with van der Waals surface area (Å²) in [6, 6.07) is 2.59. The van der Waals surface area contributed by atoms with E-state index in [1.807, 2.05) is 25.5 Å². The van der Waals surface area contributed by atoms with Crippen LogP contribution in [0.3, 0.4) is 0 Å². The lowest BCUT2D eigenvalue weighted by molar-refractivity contribution is 0.505. The summed E-state index contributed by atoms with van der Waals surface area (Å²) in [5.41, 5.74) is 2.66. The van der Waals surface area contributed by atoms with E-state index >= 15 is 0 Å². The van der Waals surface area contributed by atoms with Crippen molar-refractivity contribution in [3.05, 3.63) is 42.2 Å². The van der Waals surface area contributed by atoms with Crippen LogP contribution in [0, 0.1) is 6.92 Å². The molecule has 1 rings (SSSR count). The minimum Gasteiger partial charge on any atom is -0.313 e. The van der Waals surface area contributed by atoms with Gasteiger partial charge in [0.1, 0.15) is 0 Å². The van der Waals surface area contributed by atoms with Crippen molar-refractivity contribution in [3.63, 3.8) is 0 Å². The molecule has 0 aromatic carbocycles. The van der Waals surface area contributed by atoms with Crippen LogP contribution in [0.4, 0.5) is 0 Å². The van der Waals surface area contributed by atoms with Crippen LogP contribution in [0.1, 0.15) is 49.3 Å². The predicted molar refractivity (Wildman–Crippen MR) is 74.1 cm³/mol. The van der Waals surface area contributed by atoms with E-state index in [0.717, 1.165) is 6.42 Å². The van der Waals surface area contributed by atoms with E-state index < -0.39 is 0 Å². The smallest absolute Gasteiger partial charge is 0.0321 e. The van der Waals surface area contributed by atoms with Gasteiger partial charge in [0, 0.05) is 18.4 Å². The maximum Gasteiger partial charge on any atom is 0.0321 e. The van der Waals surface area contributed by atoms with E-state index in [1.54, 1.807) is 0 Å². The van der Waals surface area contributed by atoms with Crippen molar-refractivity contribution < 1.29 is 0 Å². The van der Waals surface area contributed by atoms with E-state index in [-0.39, 0.29) is 0 Å². The third kappa shape index (κ3) is 4.70. The van der Waals surface area contributed by atoms with Gasteiger partial charge in [-0.05, 0) is 50.4 Å². The summed E-state index contributed by atoms with van der Waals surface area (Å²) in [6.07, 6.45) is 12.0. The Kier molecular flexibility index (Phi) is 6.56.